The predicted molar refractivity (Wildman–Crippen MR) is 156 cm³/mol. The summed E-state index contributed by atoms with van der Waals surface area (Å²) in [5.74, 6) is 1.05. The van der Waals surface area contributed by atoms with Crippen LogP contribution in [0, 0.1) is 0 Å². The molecule has 0 bridgehead atoms. The van der Waals surface area contributed by atoms with Crippen LogP contribution in [0.3, 0.4) is 0 Å². The van der Waals surface area contributed by atoms with Crippen LogP contribution in [-0.4, -0.2) is 59.8 Å². The molecule has 1 aromatic heterocycles. The van der Waals surface area contributed by atoms with E-state index in [1.807, 2.05) is 25.1 Å². The summed E-state index contributed by atoms with van der Waals surface area (Å²) in [6, 6.07) is 25.1. The van der Waals surface area contributed by atoms with Crippen molar-refractivity contribution in [3.8, 4) is 11.1 Å². The first-order valence-corrected chi connectivity index (χ1v) is 14.2. The molecule has 7 heteroatoms. The van der Waals surface area contributed by atoms with Crippen LogP contribution in [0.2, 0.25) is 0 Å². The number of nitrogens with zero attached hydrogens (tertiary/aromatic N) is 4. The molecular formula is C32H37N5O2. The third kappa shape index (κ3) is 4.65. The number of carbonyl (C=O) groups is 1. The molecule has 2 heterocycles. The van der Waals surface area contributed by atoms with Gasteiger partial charge in [-0.25, -0.2) is 9.78 Å². The summed E-state index contributed by atoms with van der Waals surface area (Å²) in [6.45, 7) is 7.49. The van der Waals surface area contributed by atoms with Crippen LogP contribution in [0.25, 0.3) is 22.2 Å². The van der Waals surface area contributed by atoms with E-state index in [0.717, 1.165) is 85.7 Å². The van der Waals surface area contributed by atoms with Crippen LogP contribution in [-0.2, 0) is 17.4 Å². The van der Waals surface area contributed by atoms with Crippen molar-refractivity contribution in [3.05, 3.63) is 83.9 Å². The van der Waals surface area contributed by atoms with Crippen molar-refractivity contribution in [2.45, 2.75) is 31.8 Å². The van der Waals surface area contributed by atoms with Gasteiger partial charge in [0.15, 0.2) is 5.60 Å². The molecule has 4 aromatic rings. The number of amides is 1. The monoisotopic (exact) mass is 523 g/mol. The zero-order valence-corrected chi connectivity index (χ0v) is 22.9. The molecule has 0 unspecified atom stereocenters. The molecule has 1 fully saturated rings. The van der Waals surface area contributed by atoms with Gasteiger partial charge in [0.25, 0.3) is 0 Å². The van der Waals surface area contributed by atoms with E-state index < -0.39 is 5.60 Å². The van der Waals surface area contributed by atoms with E-state index in [2.05, 4.69) is 81.3 Å². The van der Waals surface area contributed by atoms with E-state index in [1.54, 1.807) is 0 Å². The molecule has 2 aliphatic rings. The minimum Gasteiger partial charge on any atom is -0.433 e. The molecule has 1 aliphatic heterocycles. The van der Waals surface area contributed by atoms with E-state index in [9.17, 15) is 4.79 Å². The van der Waals surface area contributed by atoms with E-state index in [-0.39, 0.29) is 6.09 Å². The molecule has 0 radical (unpaired) electrons. The van der Waals surface area contributed by atoms with Gasteiger partial charge >= 0.3 is 6.09 Å². The number of piperazine rings is 1. The van der Waals surface area contributed by atoms with E-state index in [4.69, 9.17) is 9.72 Å². The van der Waals surface area contributed by atoms with Crippen molar-refractivity contribution in [2.24, 2.45) is 7.05 Å². The molecule has 39 heavy (non-hydrogen) atoms. The Bertz CT molecular complexity index is 1420. The minimum absolute atomic E-state index is 0.359. The number of hydrogen-bond donors (Lipinski definition) is 1. The number of hydrogen-bond acceptors (Lipinski definition) is 5. The number of benzene rings is 3. The highest BCUT2D eigenvalue weighted by atomic mass is 16.6. The SMILES string of the molecule is CCNC(=O)OC1(CCCCN2CCN(c3nc4ccccc4n3C)CC2)c2ccccc2-c2ccccc21. The molecule has 1 aliphatic carbocycles. The average molecular weight is 524 g/mol. The summed E-state index contributed by atoms with van der Waals surface area (Å²) < 4.78 is 8.51. The van der Waals surface area contributed by atoms with E-state index in [1.165, 1.54) is 5.52 Å². The molecule has 6 rings (SSSR count). The normalized spacial score (nSPS) is 16.2. The number of rotatable bonds is 8. The van der Waals surface area contributed by atoms with Gasteiger partial charge in [-0.2, -0.15) is 0 Å². The van der Waals surface area contributed by atoms with Gasteiger partial charge < -0.3 is 19.5 Å². The average Bonchev–Trinajstić information content (AvgIpc) is 3.45. The van der Waals surface area contributed by atoms with Gasteiger partial charge in [-0.05, 0) is 56.0 Å². The maximum Gasteiger partial charge on any atom is 0.408 e. The second kappa shape index (κ2) is 10.7. The first kappa shape index (κ1) is 25.4. The van der Waals surface area contributed by atoms with Crippen molar-refractivity contribution in [2.75, 3.05) is 44.2 Å². The fourth-order valence-electron chi connectivity index (χ4n) is 6.35. The molecule has 202 valence electrons. The van der Waals surface area contributed by atoms with Crippen LogP contribution in [0.1, 0.15) is 37.3 Å². The number of unbranched alkanes of at least 4 members (excludes halogenated alkanes) is 1. The first-order chi connectivity index (χ1) is 19.1. The lowest BCUT2D eigenvalue weighted by atomic mass is 9.86. The number of alkyl carbamates (subject to hydrolysis) is 1. The van der Waals surface area contributed by atoms with Gasteiger partial charge in [0.1, 0.15) is 0 Å². The summed E-state index contributed by atoms with van der Waals surface area (Å²) in [6.07, 6.45) is 2.42. The summed E-state index contributed by atoms with van der Waals surface area (Å²) in [4.78, 5) is 22.6. The number of aryl methyl sites for hydroxylation is 1. The van der Waals surface area contributed by atoms with Gasteiger partial charge in [-0.3, -0.25) is 4.90 Å². The standard InChI is InChI=1S/C32H37N5O2/c1-3-33-31(38)39-32(26-14-6-4-12-24(26)25-13-5-7-15-27(25)32)18-10-11-19-36-20-22-37(23-21-36)30-34-28-16-8-9-17-29(28)35(30)2/h4-9,12-17H,3,10-11,18-23H2,1-2H3,(H,33,38). The number of imidazole rings is 1. The highest BCUT2D eigenvalue weighted by Gasteiger charge is 2.46. The van der Waals surface area contributed by atoms with Crippen molar-refractivity contribution in [1.82, 2.24) is 19.8 Å². The van der Waals surface area contributed by atoms with Crippen molar-refractivity contribution < 1.29 is 9.53 Å². The maximum absolute atomic E-state index is 12.8. The number of nitrogens with one attached hydrogen (secondary N) is 1. The second-order valence-corrected chi connectivity index (χ2v) is 10.6. The lowest BCUT2D eigenvalue weighted by molar-refractivity contribution is 0.0331. The highest BCUT2D eigenvalue weighted by molar-refractivity contribution is 5.82. The van der Waals surface area contributed by atoms with Crippen molar-refractivity contribution in [3.63, 3.8) is 0 Å². The van der Waals surface area contributed by atoms with E-state index >= 15 is 0 Å². The lowest BCUT2D eigenvalue weighted by Gasteiger charge is -2.35. The van der Waals surface area contributed by atoms with Crippen LogP contribution in [0.15, 0.2) is 72.8 Å². The Morgan fingerprint density at radius 2 is 1.54 bits per heavy atom. The summed E-state index contributed by atoms with van der Waals surface area (Å²) >= 11 is 0. The Morgan fingerprint density at radius 3 is 2.21 bits per heavy atom. The maximum atomic E-state index is 12.8. The van der Waals surface area contributed by atoms with Crippen LogP contribution in [0.5, 0.6) is 0 Å². The van der Waals surface area contributed by atoms with Gasteiger partial charge in [0.2, 0.25) is 5.95 Å². The fourth-order valence-corrected chi connectivity index (χ4v) is 6.35. The summed E-state index contributed by atoms with van der Waals surface area (Å²) in [7, 11) is 2.11. The molecule has 3 aromatic carbocycles. The molecule has 0 atom stereocenters. The molecule has 0 spiro atoms. The third-order valence-electron chi connectivity index (χ3n) is 8.27. The Labute approximate surface area is 230 Å². The quantitative estimate of drug-likeness (QED) is 0.308. The van der Waals surface area contributed by atoms with Gasteiger partial charge in [-0.1, -0.05) is 60.7 Å². The molecule has 1 saturated heterocycles. The smallest absolute Gasteiger partial charge is 0.408 e. The van der Waals surface area contributed by atoms with Gasteiger partial charge in [-0.15, -0.1) is 0 Å². The highest BCUT2D eigenvalue weighted by Crippen LogP contribution is 2.52. The number of anilines is 1. The topological polar surface area (TPSA) is 62.6 Å². The minimum atomic E-state index is -0.759. The molecule has 1 amide bonds. The number of aromatic nitrogens is 2. The zero-order valence-electron chi connectivity index (χ0n) is 22.9. The van der Waals surface area contributed by atoms with Crippen LogP contribution < -0.4 is 10.2 Å². The molecular weight excluding hydrogens is 486 g/mol. The van der Waals surface area contributed by atoms with Gasteiger partial charge in [0, 0.05) is 50.9 Å². The number of carbonyl (C=O) groups excluding carboxylic acids is 1. The Kier molecular flexibility index (Phi) is 7.00. The second-order valence-electron chi connectivity index (χ2n) is 10.6. The molecule has 1 N–H and O–H groups in total. The number of ether oxygens (including phenoxy) is 1. The van der Waals surface area contributed by atoms with Crippen molar-refractivity contribution in [1.29, 1.82) is 0 Å². The number of fused-ring (bicyclic) bond motifs is 4. The third-order valence-corrected chi connectivity index (χ3v) is 8.27. The Morgan fingerprint density at radius 1 is 0.897 bits per heavy atom. The first-order valence-electron chi connectivity index (χ1n) is 14.2. The summed E-state index contributed by atoms with van der Waals surface area (Å²) in [5, 5.41) is 2.85. The zero-order chi connectivity index (χ0) is 26.8. The summed E-state index contributed by atoms with van der Waals surface area (Å²) in [5.41, 5.74) is 5.98. The molecule has 0 saturated carbocycles. The largest absolute Gasteiger partial charge is 0.433 e. The Balaban J connectivity index is 1.11. The van der Waals surface area contributed by atoms with Crippen molar-refractivity contribution >= 4 is 23.1 Å². The fraction of sp³-hybridized carbons (Fsp3) is 0.375. The lowest BCUT2D eigenvalue weighted by Crippen LogP contribution is -2.47. The Hall–Kier alpha value is -3.84. The number of para-hydroxylation sites is 2. The van der Waals surface area contributed by atoms with Crippen LogP contribution in [0.4, 0.5) is 10.7 Å². The van der Waals surface area contributed by atoms with Gasteiger partial charge in [0.05, 0.1) is 11.0 Å². The molecule has 7 nitrogen and oxygen atoms in total. The van der Waals surface area contributed by atoms with Crippen LogP contribution >= 0.6 is 0 Å². The predicted octanol–water partition coefficient (Wildman–Crippen LogP) is 5.54. The van der Waals surface area contributed by atoms with E-state index in [0.29, 0.717) is 6.54 Å².